The molecule has 0 saturated carbocycles. The number of morpholine rings is 1. The molecule has 0 unspecified atom stereocenters. The molecule has 1 fully saturated rings. The fourth-order valence-corrected chi connectivity index (χ4v) is 2.09. The number of hydrogen-bond donors (Lipinski definition) is 2. The first-order chi connectivity index (χ1) is 8.75. The number of quaternary nitrogens is 1. The van der Waals surface area contributed by atoms with E-state index in [4.69, 9.17) is 16.3 Å². The highest BCUT2D eigenvalue weighted by Gasteiger charge is 2.13. The van der Waals surface area contributed by atoms with Crippen LogP contribution in [0.3, 0.4) is 0 Å². The first kappa shape index (κ1) is 13.3. The molecule has 1 amide bonds. The van der Waals surface area contributed by atoms with Crippen molar-refractivity contribution in [1.82, 2.24) is 5.32 Å². The minimum absolute atomic E-state index is 0.0423. The zero-order valence-electron chi connectivity index (χ0n) is 10.2. The Kier molecular flexibility index (Phi) is 4.99. The number of carbonyl (C=O) groups is 1. The van der Waals surface area contributed by atoms with Gasteiger partial charge in [0.2, 0.25) is 0 Å². The summed E-state index contributed by atoms with van der Waals surface area (Å²) in [6.45, 7) is 5.33. The van der Waals surface area contributed by atoms with Gasteiger partial charge < -0.3 is 15.0 Å². The smallest absolute Gasteiger partial charge is 0.251 e. The molecule has 98 valence electrons. The second-order valence-corrected chi connectivity index (χ2v) is 4.81. The van der Waals surface area contributed by atoms with Crippen LogP contribution >= 0.6 is 11.6 Å². The van der Waals surface area contributed by atoms with Gasteiger partial charge >= 0.3 is 0 Å². The molecule has 0 aliphatic carbocycles. The molecule has 0 bridgehead atoms. The SMILES string of the molecule is O=C(NCC[NH+]1CCOCC1)c1ccc(Cl)cc1. The van der Waals surface area contributed by atoms with Crippen LogP contribution in [0.5, 0.6) is 0 Å². The van der Waals surface area contributed by atoms with E-state index >= 15 is 0 Å². The van der Waals surface area contributed by atoms with Gasteiger partial charge in [0, 0.05) is 10.6 Å². The Morgan fingerprint density at radius 3 is 2.61 bits per heavy atom. The highest BCUT2D eigenvalue weighted by atomic mass is 35.5. The van der Waals surface area contributed by atoms with Crippen molar-refractivity contribution in [2.75, 3.05) is 39.4 Å². The first-order valence-electron chi connectivity index (χ1n) is 6.21. The molecule has 18 heavy (non-hydrogen) atoms. The summed E-state index contributed by atoms with van der Waals surface area (Å²) >= 11 is 5.78. The van der Waals surface area contributed by atoms with Crippen molar-refractivity contribution in [3.63, 3.8) is 0 Å². The molecular weight excluding hydrogens is 252 g/mol. The van der Waals surface area contributed by atoms with E-state index in [1.54, 1.807) is 24.3 Å². The second kappa shape index (κ2) is 6.73. The van der Waals surface area contributed by atoms with Crippen molar-refractivity contribution >= 4 is 17.5 Å². The summed E-state index contributed by atoms with van der Waals surface area (Å²) < 4.78 is 5.29. The highest BCUT2D eigenvalue weighted by Crippen LogP contribution is 2.08. The number of halogens is 1. The third kappa shape index (κ3) is 3.98. The molecule has 0 aromatic heterocycles. The van der Waals surface area contributed by atoms with Crippen molar-refractivity contribution in [1.29, 1.82) is 0 Å². The van der Waals surface area contributed by atoms with Crippen LogP contribution in [-0.4, -0.2) is 45.3 Å². The summed E-state index contributed by atoms with van der Waals surface area (Å²) in [5, 5.41) is 3.56. The van der Waals surface area contributed by atoms with Gasteiger partial charge in [0.05, 0.1) is 26.3 Å². The summed E-state index contributed by atoms with van der Waals surface area (Å²) in [5.41, 5.74) is 0.649. The Balaban J connectivity index is 1.72. The van der Waals surface area contributed by atoms with Crippen LogP contribution in [0, 0.1) is 0 Å². The van der Waals surface area contributed by atoms with Crippen LogP contribution in [0.1, 0.15) is 10.4 Å². The van der Waals surface area contributed by atoms with Crippen LogP contribution in [0.15, 0.2) is 24.3 Å². The largest absolute Gasteiger partial charge is 0.370 e. The van der Waals surface area contributed by atoms with Crippen LogP contribution in [0.4, 0.5) is 0 Å². The average Bonchev–Trinajstić information content (AvgIpc) is 2.40. The summed E-state index contributed by atoms with van der Waals surface area (Å²) in [7, 11) is 0. The highest BCUT2D eigenvalue weighted by molar-refractivity contribution is 6.30. The average molecular weight is 270 g/mol. The van der Waals surface area contributed by atoms with E-state index in [9.17, 15) is 4.79 Å². The summed E-state index contributed by atoms with van der Waals surface area (Å²) in [4.78, 5) is 13.3. The Hall–Kier alpha value is -1.10. The lowest BCUT2D eigenvalue weighted by Crippen LogP contribution is -3.14. The van der Waals surface area contributed by atoms with E-state index in [1.807, 2.05) is 0 Å². The molecule has 1 aliphatic heterocycles. The molecule has 1 aromatic carbocycles. The first-order valence-corrected chi connectivity index (χ1v) is 6.58. The molecule has 2 rings (SSSR count). The molecule has 0 radical (unpaired) electrons. The van der Waals surface area contributed by atoms with Crippen molar-refractivity contribution < 1.29 is 14.4 Å². The number of hydrogen-bond acceptors (Lipinski definition) is 2. The lowest BCUT2D eigenvalue weighted by Gasteiger charge is -2.23. The molecule has 1 heterocycles. The van der Waals surface area contributed by atoms with E-state index in [2.05, 4.69) is 5.32 Å². The van der Waals surface area contributed by atoms with Crippen molar-refractivity contribution in [2.24, 2.45) is 0 Å². The van der Waals surface area contributed by atoms with Crippen molar-refractivity contribution in [3.05, 3.63) is 34.9 Å². The van der Waals surface area contributed by atoms with Gasteiger partial charge in [-0.25, -0.2) is 0 Å². The van der Waals surface area contributed by atoms with Gasteiger partial charge in [-0.3, -0.25) is 4.79 Å². The molecule has 2 N–H and O–H groups in total. The minimum Gasteiger partial charge on any atom is -0.370 e. The van der Waals surface area contributed by atoms with E-state index in [0.29, 0.717) is 17.1 Å². The number of rotatable bonds is 4. The van der Waals surface area contributed by atoms with Crippen molar-refractivity contribution in [3.8, 4) is 0 Å². The van der Waals surface area contributed by atoms with Gasteiger partial charge in [-0.2, -0.15) is 0 Å². The molecule has 1 aliphatic rings. The zero-order chi connectivity index (χ0) is 12.8. The topological polar surface area (TPSA) is 42.8 Å². The standard InChI is InChI=1S/C13H17ClN2O2/c14-12-3-1-11(2-4-12)13(17)15-5-6-16-7-9-18-10-8-16/h1-4H,5-10H2,(H,15,17)/p+1. The van der Waals surface area contributed by atoms with Crippen LogP contribution < -0.4 is 10.2 Å². The Morgan fingerprint density at radius 2 is 1.94 bits per heavy atom. The Morgan fingerprint density at radius 1 is 1.28 bits per heavy atom. The Bertz CT molecular complexity index is 388. The quantitative estimate of drug-likeness (QED) is 0.807. The van der Waals surface area contributed by atoms with E-state index < -0.39 is 0 Å². The Labute approximate surface area is 112 Å². The molecule has 0 spiro atoms. The normalized spacial score (nSPS) is 16.5. The number of benzene rings is 1. The summed E-state index contributed by atoms with van der Waals surface area (Å²) in [6.07, 6.45) is 0. The molecule has 1 saturated heterocycles. The predicted octanol–water partition coefficient (Wildman–Crippen LogP) is -0.0151. The van der Waals surface area contributed by atoms with E-state index in [1.165, 1.54) is 4.90 Å². The van der Waals surface area contributed by atoms with Gasteiger partial charge in [-0.05, 0) is 24.3 Å². The maximum absolute atomic E-state index is 11.8. The van der Waals surface area contributed by atoms with E-state index in [-0.39, 0.29) is 5.91 Å². The lowest BCUT2D eigenvalue weighted by molar-refractivity contribution is -0.906. The van der Waals surface area contributed by atoms with Gasteiger partial charge in [-0.1, -0.05) is 11.6 Å². The zero-order valence-corrected chi connectivity index (χ0v) is 11.0. The van der Waals surface area contributed by atoms with Gasteiger partial charge in [0.1, 0.15) is 13.1 Å². The third-order valence-electron chi connectivity index (χ3n) is 3.07. The number of ether oxygens (including phenoxy) is 1. The lowest BCUT2D eigenvalue weighted by atomic mass is 10.2. The van der Waals surface area contributed by atoms with Crippen LogP contribution in [0.25, 0.3) is 0 Å². The number of nitrogens with one attached hydrogen (secondary N) is 2. The van der Waals surface area contributed by atoms with Crippen molar-refractivity contribution in [2.45, 2.75) is 0 Å². The summed E-state index contributed by atoms with van der Waals surface area (Å²) in [6, 6.07) is 6.92. The van der Waals surface area contributed by atoms with Gasteiger partial charge in [0.25, 0.3) is 5.91 Å². The van der Waals surface area contributed by atoms with Gasteiger partial charge in [0.15, 0.2) is 0 Å². The maximum atomic E-state index is 11.8. The van der Waals surface area contributed by atoms with E-state index in [0.717, 1.165) is 32.8 Å². The molecular formula is C13H18ClN2O2+. The third-order valence-corrected chi connectivity index (χ3v) is 3.32. The minimum atomic E-state index is -0.0423. The fourth-order valence-electron chi connectivity index (χ4n) is 1.97. The van der Waals surface area contributed by atoms with Crippen LogP contribution in [0.2, 0.25) is 5.02 Å². The number of amides is 1. The monoisotopic (exact) mass is 269 g/mol. The molecule has 1 aromatic rings. The summed E-state index contributed by atoms with van der Waals surface area (Å²) in [5.74, 6) is -0.0423. The molecule has 0 atom stereocenters. The second-order valence-electron chi connectivity index (χ2n) is 4.38. The molecule has 5 heteroatoms. The predicted molar refractivity (Wildman–Crippen MR) is 70.2 cm³/mol. The number of carbonyl (C=O) groups excluding carboxylic acids is 1. The fraction of sp³-hybridized carbons (Fsp3) is 0.462. The van der Waals surface area contributed by atoms with Crippen LogP contribution in [-0.2, 0) is 4.74 Å². The molecule has 4 nitrogen and oxygen atoms in total. The van der Waals surface area contributed by atoms with Gasteiger partial charge in [-0.15, -0.1) is 0 Å². The maximum Gasteiger partial charge on any atom is 0.251 e.